The summed E-state index contributed by atoms with van der Waals surface area (Å²) >= 11 is 13.6. The molecular formula is C12H11ClN4O2S3. The number of aromatic nitrogens is 2. The van der Waals surface area contributed by atoms with Gasteiger partial charge in [-0.25, -0.2) is 9.48 Å². The summed E-state index contributed by atoms with van der Waals surface area (Å²) in [5.74, 6) is -0.475. The molecule has 1 atom stereocenters. The second-order valence-electron chi connectivity index (χ2n) is 4.14. The normalized spacial score (nSPS) is 11.9. The number of nitrogens with two attached hydrogens (primary N) is 1. The molecule has 0 radical (unpaired) electrons. The van der Waals surface area contributed by atoms with Gasteiger partial charge >= 0.3 is 6.03 Å². The molecule has 0 saturated carbocycles. The summed E-state index contributed by atoms with van der Waals surface area (Å²) in [7, 11) is 0. The Bertz CT molecular complexity index is 756. The van der Waals surface area contributed by atoms with Crippen LogP contribution in [0, 0.1) is 3.95 Å². The zero-order valence-corrected chi connectivity index (χ0v) is 14.5. The fourth-order valence-electron chi connectivity index (χ4n) is 1.48. The molecule has 1 unspecified atom stereocenters. The SMILES string of the molecule is CC(Sc1nn(-c2ccc(Cl)cc2)c(=S)s1)C(=O)NC(N)=O. The van der Waals surface area contributed by atoms with E-state index in [9.17, 15) is 9.59 Å². The lowest BCUT2D eigenvalue weighted by Gasteiger charge is -2.07. The van der Waals surface area contributed by atoms with E-state index in [1.807, 2.05) is 5.32 Å². The van der Waals surface area contributed by atoms with Crippen LogP contribution in [-0.2, 0) is 4.79 Å². The van der Waals surface area contributed by atoms with Crippen molar-refractivity contribution in [3.8, 4) is 5.69 Å². The van der Waals surface area contributed by atoms with Gasteiger partial charge in [0, 0.05) is 5.02 Å². The molecule has 0 aliphatic carbocycles. The Morgan fingerprint density at radius 3 is 2.68 bits per heavy atom. The predicted octanol–water partition coefficient (Wildman–Crippen LogP) is 2.99. The van der Waals surface area contributed by atoms with E-state index in [-0.39, 0.29) is 0 Å². The van der Waals surface area contributed by atoms with Crippen molar-refractivity contribution in [1.29, 1.82) is 0 Å². The third-order valence-corrected chi connectivity index (χ3v) is 5.16. The maximum atomic E-state index is 11.7. The summed E-state index contributed by atoms with van der Waals surface area (Å²) in [4.78, 5) is 22.3. The molecule has 10 heteroatoms. The molecule has 3 N–H and O–H groups in total. The first-order valence-electron chi connectivity index (χ1n) is 6.00. The summed E-state index contributed by atoms with van der Waals surface area (Å²) in [6.45, 7) is 1.65. The van der Waals surface area contributed by atoms with Gasteiger partial charge in [0.2, 0.25) is 5.91 Å². The minimum Gasteiger partial charge on any atom is -0.351 e. The quantitative estimate of drug-likeness (QED) is 0.634. The van der Waals surface area contributed by atoms with Crippen LogP contribution < -0.4 is 11.1 Å². The molecule has 116 valence electrons. The highest BCUT2D eigenvalue weighted by Crippen LogP contribution is 2.28. The van der Waals surface area contributed by atoms with Gasteiger partial charge in [-0.1, -0.05) is 34.7 Å². The molecule has 1 aromatic heterocycles. The summed E-state index contributed by atoms with van der Waals surface area (Å²) in [6.07, 6.45) is 0. The van der Waals surface area contributed by atoms with Crippen molar-refractivity contribution in [2.75, 3.05) is 0 Å². The third-order valence-electron chi connectivity index (χ3n) is 2.49. The number of hydrogen-bond donors (Lipinski definition) is 2. The average molecular weight is 375 g/mol. The van der Waals surface area contributed by atoms with Gasteiger partial charge in [0.05, 0.1) is 10.9 Å². The third kappa shape index (κ3) is 4.29. The highest BCUT2D eigenvalue weighted by molar-refractivity contribution is 8.02. The van der Waals surface area contributed by atoms with Crippen LogP contribution in [0.15, 0.2) is 28.6 Å². The molecule has 3 amide bonds. The van der Waals surface area contributed by atoms with Crippen molar-refractivity contribution in [2.45, 2.75) is 16.5 Å². The minimum absolute atomic E-state index is 0.475. The largest absolute Gasteiger partial charge is 0.351 e. The average Bonchev–Trinajstić information content (AvgIpc) is 2.79. The molecule has 2 aromatic rings. The lowest BCUT2D eigenvalue weighted by atomic mass is 10.3. The van der Waals surface area contributed by atoms with Crippen molar-refractivity contribution in [2.24, 2.45) is 5.73 Å². The second-order valence-corrected chi connectivity index (χ2v) is 7.78. The Balaban J connectivity index is 2.16. The van der Waals surface area contributed by atoms with E-state index in [0.717, 1.165) is 5.69 Å². The number of primary amides is 1. The van der Waals surface area contributed by atoms with E-state index < -0.39 is 17.2 Å². The summed E-state index contributed by atoms with van der Waals surface area (Å²) in [5.41, 5.74) is 5.70. The van der Waals surface area contributed by atoms with E-state index in [2.05, 4.69) is 5.10 Å². The van der Waals surface area contributed by atoms with Gasteiger partial charge in [-0.2, -0.15) is 0 Å². The molecule has 0 aliphatic heterocycles. The van der Waals surface area contributed by atoms with Gasteiger partial charge in [-0.05, 0) is 43.4 Å². The minimum atomic E-state index is -0.878. The zero-order valence-electron chi connectivity index (χ0n) is 11.3. The molecule has 6 nitrogen and oxygen atoms in total. The molecule has 0 aliphatic rings. The van der Waals surface area contributed by atoms with Gasteiger partial charge in [0.15, 0.2) is 8.29 Å². The van der Waals surface area contributed by atoms with E-state index in [0.29, 0.717) is 13.3 Å². The van der Waals surface area contributed by atoms with Gasteiger partial charge in [0.1, 0.15) is 0 Å². The number of carbonyl (C=O) groups excluding carboxylic acids is 2. The first-order chi connectivity index (χ1) is 10.4. The number of hydrogen-bond acceptors (Lipinski definition) is 6. The van der Waals surface area contributed by atoms with Crippen LogP contribution >= 0.6 is 46.9 Å². The molecule has 0 saturated heterocycles. The zero-order chi connectivity index (χ0) is 16.3. The van der Waals surface area contributed by atoms with Crippen LogP contribution in [0.25, 0.3) is 5.69 Å². The maximum absolute atomic E-state index is 11.7. The lowest BCUT2D eigenvalue weighted by Crippen LogP contribution is -2.39. The summed E-state index contributed by atoms with van der Waals surface area (Å²) in [6, 6.07) is 6.21. The number of urea groups is 1. The topological polar surface area (TPSA) is 90.0 Å². The number of thioether (sulfide) groups is 1. The van der Waals surface area contributed by atoms with Gasteiger partial charge in [-0.15, -0.1) is 5.10 Å². The highest BCUT2D eigenvalue weighted by Gasteiger charge is 2.18. The monoisotopic (exact) mass is 374 g/mol. The van der Waals surface area contributed by atoms with Crippen molar-refractivity contribution in [3.05, 3.63) is 33.2 Å². The summed E-state index contributed by atoms with van der Waals surface area (Å²) < 4.78 is 2.76. The Labute approximate surface area is 144 Å². The van der Waals surface area contributed by atoms with Crippen LogP contribution in [0.3, 0.4) is 0 Å². The second kappa shape index (κ2) is 7.23. The standard InChI is InChI=1S/C12H11ClN4O2S3/c1-6(9(18)15-10(14)19)21-11-16-17(12(20)22-11)8-4-2-7(13)3-5-8/h2-6H,1H3,(H3,14,15,18,19). The fraction of sp³-hybridized carbons (Fsp3) is 0.167. The van der Waals surface area contributed by atoms with Crippen molar-refractivity contribution in [1.82, 2.24) is 15.1 Å². The van der Waals surface area contributed by atoms with Gasteiger partial charge in [-0.3, -0.25) is 10.1 Å². The summed E-state index contributed by atoms with van der Waals surface area (Å²) in [5, 5.41) is 6.50. The smallest absolute Gasteiger partial charge is 0.318 e. The molecule has 2 rings (SSSR count). The number of benzene rings is 1. The molecule has 0 spiro atoms. The number of nitrogens with zero attached hydrogens (tertiary/aromatic N) is 2. The lowest BCUT2D eigenvalue weighted by molar-refractivity contribution is -0.119. The van der Waals surface area contributed by atoms with E-state index in [1.165, 1.54) is 23.1 Å². The van der Waals surface area contributed by atoms with E-state index in [4.69, 9.17) is 29.6 Å². The number of amides is 3. The van der Waals surface area contributed by atoms with Crippen molar-refractivity contribution < 1.29 is 9.59 Å². The number of halogens is 1. The van der Waals surface area contributed by atoms with E-state index in [1.54, 1.807) is 35.9 Å². The first kappa shape index (κ1) is 16.9. The molecule has 1 heterocycles. The Hall–Kier alpha value is -1.42. The molecular weight excluding hydrogens is 364 g/mol. The number of rotatable bonds is 4. The fourth-order valence-corrected chi connectivity index (χ4v) is 4.11. The van der Waals surface area contributed by atoms with Crippen LogP contribution in [0.1, 0.15) is 6.92 Å². The first-order valence-corrected chi connectivity index (χ1v) is 8.48. The Morgan fingerprint density at radius 2 is 2.09 bits per heavy atom. The molecule has 0 fully saturated rings. The number of imide groups is 1. The number of nitrogens with one attached hydrogen (secondary N) is 1. The Morgan fingerprint density at radius 1 is 1.45 bits per heavy atom. The Kier molecular flexibility index (Phi) is 5.57. The van der Waals surface area contributed by atoms with E-state index >= 15 is 0 Å². The highest BCUT2D eigenvalue weighted by atomic mass is 35.5. The molecule has 0 bridgehead atoms. The van der Waals surface area contributed by atoms with Crippen molar-refractivity contribution >= 4 is 58.9 Å². The van der Waals surface area contributed by atoms with Crippen LogP contribution in [0.5, 0.6) is 0 Å². The van der Waals surface area contributed by atoms with Crippen LogP contribution in [-0.4, -0.2) is 27.0 Å². The van der Waals surface area contributed by atoms with Crippen LogP contribution in [0.2, 0.25) is 5.02 Å². The van der Waals surface area contributed by atoms with Crippen molar-refractivity contribution in [3.63, 3.8) is 0 Å². The molecule has 1 aromatic carbocycles. The van der Waals surface area contributed by atoms with Gasteiger partial charge < -0.3 is 5.73 Å². The predicted molar refractivity (Wildman–Crippen MR) is 90.3 cm³/mol. The maximum Gasteiger partial charge on any atom is 0.318 e. The number of carbonyl (C=O) groups is 2. The van der Waals surface area contributed by atoms with Crippen LogP contribution in [0.4, 0.5) is 4.79 Å². The van der Waals surface area contributed by atoms with Gasteiger partial charge in [0.25, 0.3) is 0 Å². The molecule has 22 heavy (non-hydrogen) atoms.